The topological polar surface area (TPSA) is 43.9 Å². The highest BCUT2D eigenvalue weighted by atomic mass is 32.1. The summed E-state index contributed by atoms with van der Waals surface area (Å²) in [5.41, 5.74) is 6.75. The highest BCUT2D eigenvalue weighted by Crippen LogP contribution is 2.42. The van der Waals surface area contributed by atoms with Crippen molar-refractivity contribution < 1.29 is 4.42 Å². The summed E-state index contributed by atoms with van der Waals surface area (Å²) in [4.78, 5) is 10.6. The molecule has 5 heteroatoms. The van der Waals surface area contributed by atoms with Gasteiger partial charge in [0, 0.05) is 52.7 Å². The normalized spacial score (nSPS) is 12.2. The standard InChI is InChI=1S/C38H21N3OS/c1-5-15-29-24(12-1)37(26-14-9-18-33-36(26)25-13-3-7-17-32(25)42-33)40-38(39-29)41-30-16-6-2-10-22(30)27-21-35-28(20-31(27)41)23-11-4-8-19-34(23)43-35/h1-21H. The number of rotatable bonds is 2. The predicted octanol–water partition coefficient (Wildman–Crippen LogP) is 10.7. The van der Waals surface area contributed by atoms with E-state index in [4.69, 9.17) is 14.4 Å². The van der Waals surface area contributed by atoms with Crippen molar-refractivity contribution in [1.82, 2.24) is 14.5 Å². The molecule has 0 radical (unpaired) electrons. The molecule has 0 aliphatic carbocycles. The molecule has 0 fully saturated rings. The van der Waals surface area contributed by atoms with E-state index in [1.807, 2.05) is 35.6 Å². The van der Waals surface area contributed by atoms with Crippen LogP contribution in [0.15, 0.2) is 132 Å². The van der Waals surface area contributed by atoms with Gasteiger partial charge in [-0.3, -0.25) is 4.57 Å². The Morgan fingerprint density at radius 3 is 2.19 bits per heavy atom. The highest BCUT2D eigenvalue weighted by molar-refractivity contribution is 7.25. The molecule has 43 heavy (non-hydrogen) atoms. The quantitative estimate of drug-likeness (QED) is 0.209. The third-order valence-electron chi connectivity index (χ3n) is 8.62. The number of benzene rings is 6. The average molecular weight is 568 g/mol. The van der Waals surface area contributed by atoms with Crippen LogP contribution in [0.3, 0.4) is 0 Å². The second kappa shape index (κ2) is 8.51. The summed E-state index contributed by atoms with van der Waals surface area (Å²) in [7, 11) is 0. The van der Waals surface area contributed by atoms with Crippen LogP contribution in [0, 0.1) is 0 Å². The van der Waals surface area contributed by atoms with Crippen LogP contribution < -0.4 is 0 Å². The number of fused-ring (bicyclic) bond motifs is 10. The Bertz CT molecular complexity index is 2750. The minimum Gasteiger partial charge on any atom is -0.456 e. The van der Waals surface area contributed by atoms with Crippen LogP contribution in [-0.4, -0.2) is 14.5 Å². The molecule has 0 unspecified atom stereocenters. The number of thiophene rings is 1. The minimum atomic E-state index is 0.656. The van der Waals surface area contributed by atoms with Gasteiger partial charge in [0.2, 0.25) is 5.95 Å². The van der Waals surface area contributed by atoms with Gasteiger partial charge in [0.15, 0.2) is 0 Å². The van der Waals surface area contributed by atoms with E-state index in [0.717, 1.165) is 55.1 Å². The maximum atomic E-state index is 6.27. The smallest absolute Gasteiger partial charge is 0.235 e. The lowest BCUT2D eigenvalue weighted by Gasteiger charge is -2.12. The van der Waals surface area contributed by atoms with Gasteiger partial charge >= 0.3 is 0 Å². The molecule has 0 saturated heterocycles. The Morgan fingerprint density at radius 2 is 1.26 bits per heavy atom. The third-order valence-corrected chi connectivity index (χ3v) is 9.75. The van der Waals surface area contributed by atoms with Crippen molar-refractivity contribution in [1.29, 1.82) is 0 Å². The van der Waals surface area contributed by atoms with E-state index in [-0.39, 0.29) is 0 Å². The predicted molar refractivity (Wildman–Crippen MR) is 179 cm³/mol. The average Bonchev–Trinajstić information content (AvgIpc) is 3.72. The van der Waals surface area contributed by atoms with Gasteiger partial charge in [-0.05, 0) is 42.5 Å². The number of nitrogens with zero attached hydrogens (tertiary/aromatic N) is 3. The summed E-state index contributed by atoms with van der Waals surface area (Å²) >= 11 is 1.85. The Kier molecular flexibility index (Phi) is 4.57. The van der Waals surface area contributed by atoms with E-state index >= 15 is 0 Å². The van der Waals surface area contributed by atoms with Crippen LogP contribution in [0.4, 0.5) is 0 Å². The van der Waals surface area contributed by atoms with Crippen molar-refractivity contribution in [2.24, 2.45) is 0 Å². The number of furan rings is 1. The van der Waals surface area contributed by atoms with Gasteiger partial charge in [-0.25, -0.2) is 9.97 Å². The zero-order chi connectivity index (χ0) is 28.1. The molecule has 0 N–H and O–H groups in total. The molecule has 6 aromatic carbocycles. The first-order valence-electron chi connectivity index (χ1n) is 14.3. The van der Waals surface area contributed by atoms with E-state index < -0.39 is 0 Å². The zero-order valence-corrected chi connectivity index (χ0v) is 23.6. The summed E-state index contributed by atoms with van der Waals surface area (Å²) in [6.07, 6.45) is 0. The van der Waals surface area contributed by atoms with Gasteiger partial charge in [-0.2, -0.15) is 0 Å². The van der Waals surface area contributed by atoms with Crippen LogP contribution in [0.25, 0.3) is 92.0 Å². The second-order valence-electron chi connectivity index (χ2n) is 11.0. The molecular weight excluding hydrogens is 547 g/mol. The minimum absolute atomic E-state index is 0.656. The molecule has 4 aromatic heterocycles. The Hall–Kier alpha value is -5.52. The first kappa shape index (κ1) is 23.1. The summed E-state index contributed by atoms with van der Waals surface area (Å²) in [5, 5.41) is 8.10. The van der Waals surface area contributed by atoms with Gasteiger partial charge in [-0.15, -0.1) is 11.3 Å². The fourth-order valence-electron chi connectivity index (χ4n) is 6.74. The Morgan fingerprint density at radius 1 is 0.512 bits per heavy atom. The molecule has 0 atom stereocenters. The highest BCUT2D eigenvalue weighted by Gasteiger charge is 2.21. The van der Waals surface area contributed by atoms with Crippen LogP contribution in [0.1, 0.15) is 0 Å². The van der Waals surface area contributed by atoms with Crippen molar-refractivity contribution >= 4 is 86.2 Å². The van der Waals surface area contributed by atoms with Gasteiger partial charge in [0.05, 0.1) is 22.2 Å². The van der Waals surface area contributed by atoms with Crippen molar-refractivity contribution in [3.8, 4) is 17.2 Å². The molecule has 0 saturated carbocycles. The van der Waals surface area contributed by atoms with Gasteiger partial charge in [-0.1, -0.05) is 84.9 Å². The van der Waals surface area contributed by atoms with Crippen molar-refractivity contribution in [2.45, 2.75) is 0 Å². The van der Waals surface area contributed by atoms with Gasteiger partial charge < -0.3 is 4.42 Å². The molecule has 4 nitrogen and oxygen atoms in total. The molecule has 0 amide bonds. The van der Waals surface area contributed by atoms with E-state index in [1.165, 1.54) is 30.9 Å². The first-order valence-corrected chi connectivity index (χ1v) is 15.2. The van der Waals surface area contributed by atoms with Crippen LogP contribution in [0.2, 0.25) is 0 Å². The number of para-hydroxylation sites is 3. The van der Waals surface area contributed by atoms with Crippen LogP contribution >= 0.6 is 11.3 Å². The molecule has 0 aliphatic heterocycles. The first-order chi connectivity index (χ1) is 21.3. The number of hydrogen-bond acceptors (Lipinski definition) is 4. The van der Waals surface area contributed by atoms with Crippen LogP contribution in [-0.2, 0) is 0 Å². The number of aromatic nitrogens is 3. The SMILES string of the molecule is c1ccc2c(-c3cccc4oc5ccccc5c34)nc(-n3c4ccccc4c4cc5sc6ccccc6c5cc43)nc2c1. The van der Waals surface area contributed by atoms with Gasteiger partial charge in [0.25, 0.3) is 0 Å². The Labute approximate surface area is 249 Å². The van der Waals surface area contributed by atoms with E-state index in [9.17, 15) is 0 Å². The molecule has 0 spiro atoms. The molecule has 10 aromatic rings. The van der Waals surface area contributed by atoms with Crippen molar-refractivity contribution in [3.05, 3.63) is 127 Å². The van der Waals surface area contributed by atoms with Crippen molar-refractivity contribution in [3.63, 3.8) is 0 Å². The number of hydrogen-bond donors (Lipinski definition) is 0. The summed E-state index contributed by atoms with van der Waals surface area (Å²) in [6, 6.07) is 44.6. The van der Waals surface area contributed by atoms with Gasteiger partial charge in [0.1, 0.15) is 11.2 Å². The third kappa shape index (κ3) is 3.20. The fourth-order valence-corrected chi connectivity index (χ4v) is 7.87. The maximum Gasteiger partial charge on any atom is 0.235 e. The Balaban J connectivity index is 1.35. The lowest BCUT2D eigenvalue weighted by Crippen LogP contribution is -2.03. The van der Waals surface area contributed by atoms with Crippen molar-refractivity contribution in [2.75, 3.05) is 0 Å². The monoisotopic (exact) mass is 567 g/mol. The van der Waals surface area contributed by atoms with Crippen LogP contribution in [0.5, 0.6) is 0 Å². The molecular formula is C38H21N3OS. The molecule has 200 valence electrons. The van der Waals surface area contributed by atoms with E-state index in [1.54, 1.807) is 0 Å². The second-order valence-corrected chi connectivity index (χ2v) is 12.1. The zero-order valence-electron chi connectivity index (χ0n) is 22.8. The molecule has 4 heterocycles. The molecule has 0 aliphatic rings. The van der Waals surface area contributed by atoms with E-state index in [0.29, 0.717) is 5.95 Å². The van der Waals surface area contributed by atoms with E-state index in [2.05, 4.69) is 108 Å². The summed E-state index contributed by atoms with van der Waals surface area (Å²) in [6.45, 7) is 0. The largest absolute Gasteiger partial charge is 0.456 e. The lowest BCUT2D eigenvalue weighted by molar-refractivity contribution is 0.669. The summed E-state index contributed by atoms with van der Waals surface area (Å²) in [5.74, 6) is 0.656. The molecule has 10 rings (SSSR count). The maximum absolute atomic E-state index is 6.27. The fraction of sp³-hybridized carbons (Fsp3) is 0. The summed E-state index contributed by atoms with van der Waals surface area (Å²) < 4.78 is 11.1. The lowest BCUT2D eigenvalue weighted by atomic mass is 10.0. The molecule has 0 bridgehead atoms.